The van der Waals surface area contributed by atoms with Crippen molar-refractivity contribution in [1.82, 2.24) is 0 Å². The lowest BCUT2D eigenvalue weighted by molar-refractivity contribution is -0.107. The molecule has 0 saturated carbocycles. The lowest BCUT2D eigenvalue weighted by Crippen LogP contribution is -1.72. The quantitative estimate of drug-likeness (QED) is 0.316. The molecule has 0 amide bonds. The van der Waals surface area contributed by atoms with Crippen LogP contribution in [-0.4, -0.2) is 6.29 Å². The van der Waals surface area contributed by atoms with Crippen LogP contribution in [0.2, 0.25) is 0 Å². The molecule has 0 rings (SSSR count). The van der Waals surface area contributed by atoms with Crippen molar-refractivity contribution in [2.24, 2.45) is 0 Å². The molecule has 1 nitrogen and oxygen atoms in total. The third-order valence-corrected chi connectivity index (χ3v) is 1.76. The molecule has 0 heterocycles. The van der Waals surface area contributed by atoms with Gasteiger partial charge in [0.05, 0.1) is 0 Å². The number of rotatable bonds is 8. The Kier molecular flexibility index (Phi) is 10.4. The third-order valence-electron chi connectivity index (χ3n) is 1.76. The van der Waals surface area contributed by atoms with Gasteiger partial charge in [0.1, 0.15) is 6.29 Å². The van der Waals surface area contributed by atoms with E-state index in [-0.39, 0.29) is 0 Å². The molecular weight excluding hydrogens is 160 g/mol. The maximum absolute atomic E-state index is 9.97. The molecule has 0 aliphatic carbocycles. The highest BCUT2D eigenvalue weighted by Crippen LogP contribution is 1.99. The average Bonchev–Trinajstić information content (AvgIpc) is 2.16. The highest BCUT2D eigenvalue weighted by Gasteiger charge is 1.81. The van der Waals surface area contributed by atoms with Crippen LogP contribution in [0, 0.1) is 0 Å². The Morgan fingerprint density at radius 3 is 2.08 bits per heavy atom. The van der Waals surface area contributed by atoms with Crippen molar-refractivity contribution in [1.29, 1.82) is 0 Å². The van der Waals surface area contributed by atoms with Crippen LogP contribution in [0.4, 0.5) is 0 Å². The van der Waals surface area contributed by atoms with Gasteiger partial charge in [-0.3, -0.25) is 0 Å². The summed E-state index contributed by atoms with van der Waals surface area (Å²) in [6.45, 7) is 2.15. The molecule has 0 spiro atoms. The number of hydrogen-bond acceptors (Lipinski definition) is 1. The monoisotopic (exact) mass is 180 g/mol. The van der Waals surface area contributed by atoms with E-state index in [1.807, 2.05) is 0 Å². The fraction of sp³-hybridized carbons (Fsp3) is 0.583. The molecule has 0 fully saturated rings. The van der Waals surface area contributed by atoms with Gasteiger partial charge in [-0.2, -0.15) is 0 Å². The van der Waals surface area contributed by atoms with Gasteiger partial charge in [0, 0.05) is 6.42 Å². The van der Waals surface area contributed by atoms with E-state index in [9.17, 15) is 4.79 Å². The molecule has 0 aromatic rings. The van der Waals surface area contributed by atoms with Crippen LogP contribution in [0.3, 0.4) is 0 Å². The van der Waals surface area contributed by atoms with E-state index >= 15 is 0 Å². The van der Waals surface area contributed by atoms with Crippen molar-refractivity contribution < 1.29 is 4.79 Å². The van der Waals surface area contributed by atoms with Gasteiger partial charge in [-0.05, 0) is 32.1 Å². The summed E-state index contributed by atoms with van der Waals surface area (Å²) in [7, 11) is 0. The van der Waals surface area contributed by atoms with Gasteiger partial charge in [0.2, 0.25) is 0 Å². The molecule has 0 aliphatic heterocycles. The summed E-state index contributed by atoms with van der Waals surface area (Å²) in [5.41, 5.74) is 0. The fourth-order valence-electron chi connectivity index (χ4n) is 1.04. The molecule has 1 heteroatoms. The summed E-state index contributed by atoms with van der Waals surface area (Å²) >= 11 is 0. The first-order valence-electron chi connectivity index (χ1n) is 5.15. The predicted octanol–water partition coefficient (Wildman–Crippen LogP) is 3.66. The number of allylic oxidation sites excluding steroid dienone is 4. The third kappa shape index (κ3) is 11.1. The Bertz CT molecular complexity index is 157. The molecule has 0 aromatic heterocycles. The van der Waals surface area contributed by atoms with Crippen LogP contribution in [0.15, 0.2) is 24.3 Å². The highest BCUT2D eigenvalue weighted by molar-refractivity contribution is 5.49. The summed E-state index contributed by atoms with van der Waals surface area (Å²) < 4.78 is 0. The summed E-state index contributed by atoms with van der Waals surface area (Å²) in [6, 6.07) is 0. The van der Waals surface area contributed by atoms with Gasteiger partial charge in [-0.15, -0.1) is 0 Å². The smallest absolute Gasteiger partial charge is 0.120 e. The first kappa shape index (κ1) is 12.2. The molecule has 0 unspecified atom stereocenters. The number of carbonyl (C=O) groups is 1. The molecule has 13 heavy (non-hydrogen) atoms. The van der Waals surface area contributed by atoms with E-state index in [4.69, 9.17) is 0 Å². The minimum absolute atomic E-state index is 0.659. The molecule has 0 radical (unpaired) electrons. The summed E-state index contributed by atoms with van der Waals surface area (Å²) in [5, 5.41) is 0. The SMILES string of the molecule is CC/C=C\CCC/C=C\CCC=O. The zero-order chi connectivity index (χ0) is 9.78. The van der Waals surface area contributed by atoms with Crippen molar-refractivity contribution in [3.05, 3.63) is 24.3 Å². The van der Waals surface area contributed by atoms with Crippen LogP contribution in [0.1, 0.15) is 45.4 Å². The second-order valence-corrected chi connectivity index (χ2v) is 3.03. The van der Waals surface area contributed by atoms with E-state index in [1.54, 1.807) is 0 Å². The maximum atomic E-state index is 9.97. The number of carbonyl (C=O) groups excluding carboxylic acids is 1. The number of aldehydes is 1. The normalized spacial score (nSPS) is 11.5. The molecular formula is C12H20O. The van der Waals surface area contributed by atoms with Crippen molar-refractivity contribution in [2.75, 3.05) is 0 Å². The van der Waals surface area contributed by atoms with Crippen LogP contribution < -0.4 is 0 Å². The molecule has 0 aromatic carbocycles. The van der Waals surface area contributed by atoms with E-state index < -0.39 is 0 Å². The molecule has 0 bridgehead atoms. The van der Waals surface area contributed by atoms with Crippen LogP contribution >= 0.6 is 0 Å². The second kappa shape index (κ2) is 11.2. The first-order valence-corrected chi connectivity index (χ1v) is 5.15. The van der Waals surface area contributed by atoms with E-state index in [2.05, 4.69) is 31.2 Å². The summed E-state index contributed by atoms with van der Waals surface area (Å²) in [5.74, 6) is 0. The van der Waals surface area contributed by atoms with Crippen molar-refractivity contribution in [3.63, 3.8) is 0 Å². The lowest BCUT2D eigenvalue weighted by atomic mass is 10.2. The molecule has 74 valence electrons. The van der Waals surface area contributed by atoms with E-state index in [0.29, 0.717) is 6.42 Å². The molecule has 0 N–H and O–H groups in total. The topological polar surface area (TPSA) is 17.1 Å². The standard InChI is InChI=1S/C12H20O/c1-2-3-4-5-6-7-8-9-10-11-12-13/h3-4,8-9,12H,2,5-7,10-11H2,1H3/b4-3-,9-8-. The largest absolute Gasteiger partial charge is 0.303 e. The minimum Gasteiger partial charge on any atom is -0.303 e. The summed E-state index contributed by atoms with van der Waals surface area (Å²) in [4.78, 5) is 9.97. The van der Waals surface area contributed by atoms with Gasteiger partial charge in [-0.25, -0.2) is 0 Å². The molecule has 0 saturated heterocycles. The number of hydrogen-bond donors (Lipinski definition) is 0. The second-order valence-electron chi connectivity index (χ2n) is 3.03. The molecule has 0 aliphatic rings. The van der Waals surface area contributed by atoms with Gasteiger partial charge in [0.15, 0.2) is 0 Å². The Balaban J connectivity index is 3.10. The Labute approximate surface area is 81.5 Å². The summed E-state index contributed by atoms with van der Waals surface area (Å²) in [6.07, 6.45) is 15.9. The van der Waals surface area contributed by atoms with Crippen LogP contribution in [-0.2, 0) is 4.79 Å². The first-order chi connectivity index (χ1) is 6.41. The van der Waals surface area contributed by atoms with E-state index in [1.165, 1.54) is 12.8 Å². The Morgan fingerprint density at radius 1 is 0.846 bits per heavy atom. The van der Waals surface area contributed by atoms with Gasteiger partial charge < -0.3 is 4.79 Å². The van der Waals surface area contributed by atoms with Crippen molar-refractivity contribution >= 4 is 6.29 Å². The minimum atomic E-state index is 0.659. The van der Waals surface area contributed by atoms with Gasteiger partial charge in [0.25, 0.3) is 0 Å². The van der Waals surface area contributed by atoms with Crippen molar-refractivity contribution in [3.8, 4) is 0 Å². The Morgan fingerprint density at radius 2 is 1.46 bits per heavy atom. The lowest BCUT2D eigenvalue weighted by Gasteiger charge is -1.89. The Hall–Kier alpha value is -0.850. The fourth-order valence-corrected chi connectivity index (χ4v) is 1.04. The van der Waals surface area contributed by atoms with Crippen LogP contribution in [0.25, 0.3) is 0 Å². The zero-order valence-electron chi connectivity index (χ0n) is 8.54. The highest BCUT2D eigenvalue weighted by atomic mass is 16.1. The molecule has 0 atom stereocenters. The average molecular weight is 180 g/mol. The van der Waals surface area contributed by atoms with Gasteiger partial charge in [-0.1, -0.05) is 31.2 Å². The van der Waals surface area contributed by atoms with E-state index in [0.717, 1.165) is 25.5 Å². The zero-order valence-corrected chi connectivity index (χ0v) is 8.54. The van der Waals surface area contributed by atoms with Crippen LogP contribution in [0.5, 0.6) is 0 Å². The maximum Gasteiger partial charge on any atom is 0.120 e. The van der Waals surface area contributed by atoms with Crippen molar-refractivity contribution in [2.45, 2.75) is 45.4 Å². The predicted molar refractivity (Wildman–Crippen MR) is 57.7 cm³/mol. The van der Waals surface area contributed by atoms with Gasteiger partial charge >= 0.3 is 0 Å². The number of unbranched alkanes of at least 4 members (excludes halogenated alkanes) is 3.